The molecule has 0 heterocycles. The van der Waals surface area contributed by atoms with Crippen molar-refractivity contribution in [2.45, 2.75) is 91.4 Å². The molecule has 0 bridgehead atoms. The van der Waals surface area contributed by atoms with Gasteiger partial charge in [-0.05, 0) is 19.3 Å². The minimum absolute atomic E-state index is 0.333. The first-order valence-corrected chi connectivity index (χ1v) is 7.78. The number of hydrogen-bond acceptors (Lipinski definition) is 1. The summed E-state index contributed by atoms with van der Waals surface area (Å²) in [5.74, 6) is 0.834. The van der Waals surface area contributed by atoms with E-state index in [0.29, 0.717) is 11.7 Å². The third-order valence-corrected chi connectivity index (χ3v) is 3.72. The number of rotatable bonds is 12. The lowest BCUT2D eigenvalue weighted by Gasteiger charge is -2.10. The summed E-state index contributed by atoms with van der Waals surface area (Å²) in [6.07, 6.45) is 13.4. The molecule has 0 saturated carbocycles. The molecule has 0 aromatic rings. The predicted octanol–water partition coefficient (Wildman–Crippen LogP) is 5.52. The Labute approximate surface area is 108 Å². The van der Waals surface area contributed by atoms with Crippen molar-refractivity contribution in [2.75, 3.05) is 0 Å². The number of carbonyl (C=O) groups excluding carboxylic acids is 1. The highest BCUT2D eigenvalue weighted by atomic mass is 16.1. The summed E-state index contributed by atoms with van der Waals surface area (Å²) in [7, 11) is 0. The minimum Gasteiger partial charge on any atom is -0.299 e. The van der Waals surface area contributed by atoms with Crippen molar-refractivity contribution in [1.29, 1.82) is 0 Å². The molecular formula is C16H32O. The largest absolute Gasteiger partial charge is 0.299 e. The van der Waals surface area contributed by atoms with E-state index in [4.69, 9.17) is 0 Å². The van der Waals surface area contributed by atoms with Crippen LogP contribution in [0.25, 0.3) is 0 Å². The predicted molar refractivity (Wildman–Crippen MR) is 76.3 cm³/mol. The molecule has 102 valence electrons. The Balaban J connectivity index is 3.30. The lowest BCUT2D eigenvalue weighted by atomic mass is 9.94. The summed E-state index contributed by atoms with van der Waals surface area (Å²) >= 11 is 0. The molecule has 0 atom stereocenters. The summed E-state index contributed by atoms with van der Waals surface area (Å²) in [6.45, 7) is 6.50. The van der Waals surface area contributed by atoms with Crippen molar-refractivity contribution in [3.63, 3.8) is 0 Å². The van der Waals surface area contributed by atoms with Gasteiger partial charge < -0.3 is 0 Å². The summed E-state index contributed by atoms with van der Waals surface area (Å²) in [5, 5.41) is 0. The molecule has 0 fully saturated rings. The molecule has 0 aliphatic carbocycles. The molecule has 1 nitrogen and oxygen atoms in total. The van der Waals surface area contributed by atoms with Crippen molar-refractivity contribution >= 4 is 5.78 Å². The van der Waals surface area contributed by atoms with Crippen molar-refractivity contribution in [2.24, 2.45) is 5.92 Å². The van der Waals surface area contributed by atoms with Gasteiger partial charge >= 0.3 is 0 Å². The van der Waals surface area contributed by atoms with Crippen molar-refractivity contribution in [3.05, 3.63) is 0 Å². The third-order valence-electron chi connectivity index (χ3n) is 3.72. The van der Waals surface area contributed by atoms with Gasteiger partial charge in [0, 0.05) is 12.3 Å². The van der Waals surface area contributed by atoms with Crippen LogP contribution in [0, 0.1) is 5.92 Å². The van der Waals surface area contributed by atoms with Crippen LogP contribution in [0.5, 0.6) is 0 Å². The zero-order valence-electron chi connectivity index (χ0n) is 12.3. The lowest BCUT2D eigenvalue weighted by molar-refractivity contribution is -0.123. The van der Waals surface area contributed by atoms with Crippen LogP contribution < -0.4 is 0 Å². The first kappa shape index (κ1) is 16.7. The van der Waals surface area contributed by atoms with Crippen LogP contribution in [0.4, 0.5) is 0 Å². The maximum absolute atomic E-state index is 11.8. The van der Waals surface area contributed by atoms with Crippen molar-refractivity contribution in [1.82, 2.24) is 0 Å². The van der Waals surface area contributed by atoms with E-state index in [0.717, 1.165) is 25.7 Å². The second-order valence-corrected chi connectivity index (χ2v) is 5.20. The van der Waals surface area contributed by atoms with Crippen LogP contribution in [-0.4, -0.2) is 5.78 Å². The second kappa shape index (κ2) is 12.1. The molecule has 0 aliphatic rings. The van der Waals surface area contributed by atoms with Gasteiger partial charge in [-0.25, -0.2) is 0 Å². The number of carbonyl (C=O) groups is 1. The highest BCUT2D eigenvalue weighted by Crippen LogP contribution is 2.15. The van der Waals surface area contributed by atoms with Crippen LogP contribution in [0.15, 0.2) is 0 Å². The Kier molecular flexibility index (Phi) is 11.9. The molecule has 0 radical (unpaired) electrons. The fourth-order valence-corrected chi connectivity index (χ4v) is 2.38. The number of unbranched alkanes of at least 4 members (excludes halogenated alkanes) is 7. The average molecular weight is 240 g/mol. The van der Waals surface area contributed by atoms with E-state index in [1.165, 1.54) is 44.9 Å². The van der Waals surface area contributed by atoms with E-state index < -0.39 is 0 Å². The Morgan fingerprint density at radius 3 is 1.71 bits per heavy atom. The van der Waals surface area contributed by atoms with Gasteiger partial charge in [0.05, 0.1) is 0 Å². The first-order chi connectivity index (χ1) is 8.26. The molecule has 0 aliphatic heterocycles. The van der Waals surface area contributed by atoms with E-state index in [1.54, 1.807) is 0 Å². The third kappa shape index (κ3) is 9.38. The van der Waals surface area contributed by atoms with E-state index >= 15 is 0 Å². The van der Waals surface area contributed by atoms with Crippen LogP contribution in [-0.2, 0) is 4.79 Å². The van der Waals surface area contributed by atoms with Crippen LogP contribution >= 0.6 is 0 Å². The Morgan fingerprint density at radius 1 is 0.765 bits per heavy atom. The van der Waals surface area contributed by atoms with Gasteiger partial charge in [0.15, 0.2) is 0 Å². The fourth-order valence-electron chi connectivity index (χ4n) is 2.38. The zero-order chi connectivity index (χ0) is 12.9. The molecule has 0 rings (SSSR count). The summed E-state index contributed by atoms with van der Waals surface area (Å²) in [5.41, 5.74) is 0. The van der Waals surface area contributed by atoms with E-state index in [9.17, 15) is 4.79 Å². The SMILES string of the molecule is CCCCCCCCCCC(=O)C(CC)CC. The molecule has 0 unspecified atom stereocenters. The molecule has 0 N–H and O–H groups in total. The fraction of sp³-hybridized carbons (Fsp3) is 0.938. The highest BCUT2D eigenvalue weighted by Gasteiger charge is 2.12. The van der Waals surface area contributed by atoms with Crippen LogP contribution in [0.3, 0.4) is 0 Å². The summed E-state index contributed by atoms with van der Waals surface area (Å²) in [4.78, 5) is 11.8. The normalized spacial score (nSPS) is 11.1. The van der Waals surface area contributed by atoms with Gasteiger partial charge in [-0.15, -0.1) is 0 Å². The van der Waals surface area contributed by atoms with E-state index in [-0.39, 0.29) is 0 Å². The molecule has 0 saturated heterocycles. The summed E-state index contributed by atoms with van der Waals surface area (Å²) < 4.78 is 0. The van der Waals surface area contributed by atoms with Crippen molar-refractivity contribution in [3.8, 4) is 0 Å². The minimum atomic E-state index is 0.333. The van der Waals surface area contributed by atoms with Crippen molar-refractivity contribution < 1.29 is 4.79 Å². The molecule has 0 amide bonds. The number of hydrogen-bond donors (Lipinski definition) is 0. The quantitative estimate of drug-likeness (QED) is 0.410. The van der Waals surface area contributed by atoms with E-state index in [2.05, 4.69) is 20.8 Å². The van der Waals surface area contributed by atoms with Crippen LogP contribution in [0.2, 0.25) is 0 Å². The van der Waals surface area contributed by atoms with Gasteiger partial charge in [-0.3, -0.25) is 4.79 Å². The molecule has 0 aromatic heterocycles. The molecule has 0 spiro atoms. The molecular weight excluding hydrogens is 208 g/mol. The summed E-state index contributed by atoms with van der Waals surface area (Å²) in [6, 6.07) is 0. The molecule has 1 heteroatoms. The van der Waals surface area contributed by atoms with Gasteiger partial charge in [-0.1, -0.05) is 65.7 Å². The first-order valence-electron chi connectivity index (χ1n) is 7.78. The zero-order valence-corrected chi connectivity index (χ0v) is 12.3. The Hall–Kier alpha value is -0.330. The maximum Gasteiger partial charge on any atom is 0.135 e. The van der Waals surface area contributed by atoms with Gasteiger partial charge in [-0.2, -0.15) is 0 Å². The Morgan fingerprint density at radius 2 is 1.24 bits per heavy atom. The van der Waals surface area contributed by atoms with Gasteiger partial charge in [0.2, 0.25) is 0 Å². The van der Waals surface area contributed by atoms with Crippen LogP contribution in [0.1, 0.15) is 91.4 Å². The van der Waals surface area contributed by atoms with E-state index in [1.807, 2.05) is 0 Å². The second-order valence-electron chi connectivity index (χ2n) is 5.20. The highest BCUT2D eigenvalue weighted by molar-refractivity contribution is 5.80. The topological polar surface area (TPSA) is 17.1 Å². The lowest BCUT2D eigenvalue weighted by Crippen LogP contribution is -2.12. The molecule has 0 aromatic carbocycles. The number of ketones is 1. The maximum atomic E-state index is 11.8. The monoisotopic (exact) mass is 240 g/mol. The number of Topliss-reactive ketones (excluding diaryl/α,β-unsaturated/α-hetero) is 1. The van der Waals surface area contributed by atoms with Gasteiger partial charge in [0.1, 0.15) is 5.78 Å². The standard InChI is InChI=1S/C16H32O/c1-4-7-8-9-10-11-12-13-14-16(17)15(5-2)6-3/h15H,4-14H2,1-3H3. The Bertz CT molecular complexity index is 170. The van der Waals surface area contributed by atoms with Gasteiger partial charge in [0.25, 0.3) is 0 Å². The molecule has 17 heavy (non-hydrogen) atoms. The average Bonchev–Trinajstić information content (AvgIpc) is 2.34. The smallest absolute Gasteiger partial charge is 0.135 e.